The molecule has 1 atom stereocenters. The minimum Gasteiger partial charge on any atom is -0.354 e. The largest absolute Gasteiger partial charge is 0.354 e. The minimum absolute atomic E-state index is 0.218. The molecule has 0 aliphatic carbocycles. The van der Waals surface area contributed by atoms with Crippen molar-refractivity contribution in [1.29, 1.82) is 0 Å². The van der Waals surface area contributed by atoms with Gasteiger partial charge in [-0.25, -0.2) is 0 Å². The molecule has 1 N–H and O–H groups in total. The van der Waals surface area contributed by atoms with Crippen molar-refractivity contribution in [2.24, 2.45) is 0 Å². The molecule has 4 nitrogen and oxygen atoms in total. The summed E-state index contributed by atoms with van der Waals surface area (Å²) in [5.41, 5.74) is 4.47. The van der Waals surface area contributed by atoms with E-state index < -0.39 is 5.92 Å². The maximum atomic E-state index is 11.5. The summed E-state index contributed by atoms with van der Waals surface area (Å²) in [6.45, 7) is -0.218. The van der Waals surface area contributed by atoms with Gasteiger partial charge in [-0.2, -0.15) is 0 Å². The lowest BCUT2D eigenvalue weighted by Crippen LogP contribution is -2.14. The predicted octanol–water partition coefficient (Wildman–Crippen LogP) is 6.55. The molecule has 28 heavy (non-hydrogen) atoms. The first kappa shape index (κ1) is 18.5. The smallest absolute Gasteiger partial charge is 0.214 e. The molecule has 140 valence electrons. The SMILES string of the molecule is O=[N+]([O-])CC(c1ccc(Cl)cc1)c1c(-c2ccc(Cl)cc2)[nH]c2ccccc12. The van der Waals surface area contributed by atoms with Crippen LogP contribution in [0.3, 0.4) is 0 Å². The number of hydrogen-bond acceptors (Lipinski definition) is 2. The van der Waals surface area contributed by atoms with Gasteiger partial charge in [0, 0.05) is 25.9 Å². The van der Waals surface area contributed by atoms with Crippen molar-refractivity contribution >= 4 is 34.1 Å². The Morgan fingerprint density at radius 2 is 1.50 bits per heavy atom. The number of aromatic nitrogens is 1. The summed E-state index contributed by atoms with van der Waals surface area (Å²) in [4.78, 5) is 14.7. The summed E-state index contributed by atoms with van der Waals surface area (Å²) in [6, 6.07) is 22.6. The van der Waals surface area contributed by atoms with Gasteiger partial charge in [0.2, 0.25) is 6.54 Å². The van der Waals surface area contributed by atoms with Crippen molar-refractivity contribution in [3.8, 4) is 11.3 Å². The first-order chi connectivity index (χ1) is 13.5. The maximum absolute atomic E-state index is 11.5. The molecule has 0 amide bonds. The van der Waals surface area contributed by atoms with Crippen molar-refractivity contribution in [3.05, 3.63) is 104 Å². The van der Waals surface area contributed by atoms with E-state index in [1.807, 2.05) is 60.7 Å². The number of halogens is 2. The Bertz CT molecular complexity index is 1140. The van der Waals surface area contributed by atoms with Gasteiger partial charge in [-0.3, -0.25) is 10.1 Å². The van der Waals surface area contributed by atoms with Crippen LogP contribution >= 0.6 is 23.2 Å². The molecule has 0 fully saturated rings. The quantitative estimate of drug-likeness (QED) is 0.299. The topological polar surface area (TPSA) is 58.9 Å². The summed E-state index contributed by atoms with van der Waals surface area (Å²) in [5, 5.41) is 13.7. The molecule has 0 bridgehead atoms. The number of rotatable bonds is 5. The molecule has 6 heteroatoms. The number of fused-ring (bicyclic) bond motifs is 1. The lowest BCUT2D eigenvalue weighted by Gasteiger charge is -2.16. The van der Waals surface area contributed by atoms with Crippen LogP contribution in [0.5, 0.6) is 0 Å². The zero-order valence-electron chi connectivity index (χ0n) is 14.7. The van der Waals surface area contributed by atoms with Crippen molar-refractivity contribution < 1.29 is 4.92 Å². The Balaban J connectivity index is 1.97. The molecule has 0 radical (unpaired) electrons. The second kappa shape index (κ2) is 7.66. The number of para-hydroxylation sites is 1. The molecule has 0 aliphatic heterocycles. The zero-order chi connectivity index (χ0) is 19.7. The van der Waals surface area contributed by atoms with Crippen molar-refractivity contribution in [2.75, 3.05) is 6.54 Å². The number of benzene rings is 3. The average molecular weight is 411 g/mol. The molecule has 0 saturated heterocycles. The Hall–Kier alpha value is -2.82. The van der Waals surface area contributed by atoms with E-state index in [4.69, 9.17) is 23.2 Å². The lowest BCUT2D eigenvalue weighted by atomic mass is 9.87. The summed E-state index contributed by atoms with van der Waals surface area (Å²) in [5.74, 6) is -0.422. The van der Waals surface area contributed by atoms with Gasteiger partial charge in [-0.1, -0.05) is 65.7 Å². The molecular weight excluding hydrogens is 395 g/mol. The number of hydrogen-bond donors (Lipinski definition) is 1. The van der Waals surface area contributed by atoms with Gasteiger partial charge in [0.05, 0.1) is 11.6 Å². The van der Waals surface area contributed by atoms with E-state index in [1.54, 1.807) is 12.1 Å². The van der Waals surface area contributed by atoms with Gasteiger partial charge < -0.3 is 4.98 Å². The zero-order valence-corrected chi connectivity index (χ0v) is 16.2. The molecule has 0 aliphatic rings. The number of aromatic amines is 1. The molecule has 3 aromatic carbocycles. The van der Waals surface area contributed by atoms with Crippen LogP contribution < -0.4 is 0 Å². The molecule has 1 unspecified atom stereocenters. The van der Waals surface area contributed by atoms with Gasteiger partial charge in [-0.05, 0) is 47.0 Å². The molecule has 1 aromatic heterocycles. The monoisotopic (exact) mass is 410 g/mol. The van der Waals surface area contributed by atoms with Crippen LogP contribution in [0.1, 0.15) is 17.0 Å². The Morgan fingerprint density at radius 3 is 2.14 bits per heavy atom. The molecule has 4 aromatic rings. The van der Waals surface area contributed by atoms with E-state index in [9.17, 15) is 10.1 Å². The van der Waals surface area contributed by atoms with Crippen LogP contribution in [0.4, 0.5) is 0 Å². The standard InChI is InChI=1S/C22H16Cl2N2O2/c23-16-9-5-14(6-10-16)19(13-26(27)28)21-18-3-1-2-4-20(18)25-22(21)15-7-11-17(24)12-8-15/h1-12,19,25H,13H2. The van der Waals surface area contributed by atoms with Gasteiger partial charge in [0.15, 0.2) is 0 Å². The van der Waals surface area contributed by atoms with Crippen LogP contribution in [0.15, 0.2) is 72.8 Å². The first-order valence-corrected chi connectivity index (χ1v) is 9.52. The van der Waals surface area contributed by atoms with Crippen molar-refractivity contribution in [1.82, 2.24) is 4.98 Å². The van der Waals surface area contributed by atoms with E-state index in [-0.39, 0.29) is 11.5 Å². The normalized spacial score (nSPS) is 12.2. The highest BCUT2D eigenvalue weighted by molar-refractivity contribution is 6.30. The fourth-order valence-corrected chi connectivity index (χ4v) is 3.83. The molecule has 0 spiro atoms. The third-order valence-corrected chi connectivity index (χ3v) is 5.34. The van der Waals surface area contributed by atoms with Gasteiger partial charge in [0.25, 0.3) is 0 Å². The Morgan fingerprint density at radius 1 is 0.893 bits per heavy atom. The van der Waals surface area contributed by atoms with Crippen LogP contribution in [0.2, 0.25) is 10.0 Å². The van der Waals surface area contributed by atoms with Gasteiger partial charge in [-0.15, -0.1) is 0 Å². The Labute approximate surface area is 171 Å². The maximum Gasteiger partial charge on any atom is 0.214 e. The molecule has 0 saturated carbocycles. The number of H-pyrrole nitrogens is 1. The molecule has 1 heterocycles. The van der Waals surface area contributed by atoms with Crippen LogP contribution in [0, 0.1) is 10.1 Å². The number of nitrogens with one attached hydrogen (secondary N) is 1. The van der Waals surface area contributed by atoms with Crippen molar-refractivity contribution in [2.45, 2.75) is 5.92 Å². The van der Waals surface area contributed by atoms with Gasteiger partial charge >= 0.3 is 0 Å². The highest BCUT2D eigenvalue weighted by Crippen LogP contribution is 2.39. The third kappa shape index (κ3) is 3.61. The summed E-state index contributed by atoms with van der Waals surface area (Å²) in [7, 11) is 0. The van der Waals surface area contributed by atoms with E-state index in [0.717, 1.165) is 33.3 Å². The van der Waals surface area contributed by atoms with E-state index in [0.29, 0.717) is 10.0 Å². The molecule has 4 rings (SSSR count). The van der Waals surface area contributed by atoms with Crippen molar-refractivity contribution in [3.63, 3.8) is 0 Å². The van der Waals surface area contributed by atoms with Gasteiger partial charge in [0.1, 0.15) is 0 Å². The Kier molecular flexibility index (Phi) is 5.07. The van der Waals surface area contributed by atoms with Crippen LogP contribution in [-0.2, 0) is 0 Å². The lowest BCUT2D eigenvalue weighted by molar-refractivity contribution is -0.481. The summed E-state index contributed by atoms with van der Waals surface area (Å²) < 4.78 is 0. The third-order valence-electron chi connectivity index (χ3n) is 4.83. The fraction of sp³-hybridized carbons (Fsp3) is 0.0909. The summed E-state index contributed by atoms with van der Waals surface area (Å²) in [6.07, 6.45) is 0. The number of nitrogens with zero attached hydrogens (tertiary/aromatic N) is 1. The van der Waals surface area contributed by atoms with E-state index in [1.165, 1.54) is 0 Å². The molecular formula is C22H16Cl2N2O2. The fourth-order valence-electron chi connectivity index (χ4n) is 3.58. The van der Waals surface area contributed by atoms with Crippen LogP contribution in [0.25, 0.3) is 22.2 Å². The predicted molar refractivity (Wildman–Crippen MR) is 114 cm³/mol. The first-order valence-electron chi connectivity index (χ1n) is 8.77. The minimum atomic E-state index is -0.422. The second-order valence-electron chi connectivity index (χ2n) is 6.59. The van der Waals surface area contributed by atoms with E-state index >= 15 is 0 Å². The average Bonchev–Trinajstić information content (AvgIpc) is 3.06. The second-order valence-corrected chi connectivity index (χ2v) is 7.46. The summed E-state index contributed by atoms with van der Waals surface area (Å²) >= 11 is 12.1. The highest BCUT2D eigenvalue weighted by atomic mass is 35.5. The number of nitro groups is 1. The highest BCUT2D eigenvalue weighted by Gasteiger charge is 2.27. The van der Waals surface area contributed by atoms with Crippen LogP contribution in [-0.4, -0.2) is 16.5 Å². The van der Waals surface area contributed by atoms with E-state index in [2.05, 4.69) is 4.98 Å².